The first-order valence-corrected chi connectivity index (χ1v) is 7.99. The van der Waals surface area contributed by atoms with E-state index in [1.165, 1.54) is 0 Å². The first-order chi connectivity index (χ1) is 12.2. The molecular weight excluding hydrogens is 314 g/mol. The number of para-hydroxylation sites is 1. The molecule has 0 aliphatic carbocycles. The van der Waals surface area contributed by atoms with Crippen molar-refractivity contribution in [3.05, 3.63) is 84.4 Å². The largest absolute Gasteiger partial charge is 0.497 e. The standard InChI is InChI=1S/C21H19NO3/c1-24-19-11-5-7-16(13-19)14-21(23)22-17-8-6-12-20(15-17)25-18-9-3-2-4-10-18/h2-13,15H,14H2,1H3,(H,22,23). The lowest BCUT2D eigenvalue weighted by Gasteiger charge is -2.09. The van der Waals surface area contributed by atoms with Crippen LogP contribution < -0.4 is 14.8 Å². The topological polar surface area (TPSA) is 47.6 Å². The van der Waals surface area contributed by atoms with Crippen LogP contribution in [0.1, 0.15) is 5.56 Å². The van der Waals surface area contributed by atoms with Gasteiger partial charge in [-0.15, -0.1) is 0 Å². The maximum absolute atomic E-state index is 12.3. The third kappa shape index (κ3) is 4.85. The van der Waals surface area contributed by atoms with Crippen LogP contribution in [0.2, 0.25) is 0 Å². The van der Waals surface area contributed by atoms with Crippen LogP contribution in [0.3, 0.4) is 0 Å². The number of rotatable bonds is 6. The minimum atomic E-state index is -0.0925. The van der Waals surface area contributed by atoms with Gasteiger partial charge >= 0.3 is 0 Å². The molecular formula is C21H19NO3. The second-order valence-corrected chi connectivity index (χ2v) is 5.52. The van der Waals surface area contributed by atoms with Gasteiger partial charge in [-0.2, -0.15) is 0 Å². The summed E-state index contributed by atoms with van der Waals surface area (Å²) < 4.78 is 11.0. The minimum absolute atomic E-state index is 0.0925. The summed E-state index contributed by atoms with van der Waals surface area (Å²) in [5.74, 6) is 2.07. The summed E-state index contributed by atoms with van der Waals surface area (Å²) in [6, 6.07) is 24.3. The van der Waals surface area contributed by atoms with Crippen molar-refractivity contribution in [3.63, 3.8) is 0 Å². The summed E-state index contributed by atoms with van der Waals surface area (Å²) >= 11 is 0. The van der Waals surface area contributed by atoms with Crippen molar-refractivity contribution in [1.82, 2.24) is 0 Å². The molecule has 3 aromatic rings. The van der Waals surface area contributed by atoms with Gasteiger partial charge in [0.1, 0.15) is 17.2 Å². The second kappa shape index (κ2) is 8.02. The number of nitrogens with one attached hydrogen (secondary N) is 1. The lowest BCUT2D eigenvalue weighted by molar-refractivity contribution is -0.115. The van der Waals surface area contributed by atoms with Crippen molar-refractivity contribution in [2.45, 2.75) is 6.42 Å². The fourth-order valence-electron chi connectivity index (χ4n) is 2.43. The third-order valence-corrected chi connectivity index (χ3v) is 3.60. The maximum atomic E-state index is 12.3. The van der Waals surface area contributed by atoms with E-state index in [9.17, 15) is 4.79 Å². The number of hydrogen-bond donors (Lipinski definition) is 1. The predicted octanol–water partition coefficient (Wildman–Crippen LogP) is 4.67. The Morgan fingerprint density at radius 3 is 2.36 bits per heavy atom. The van der Waals surface area contributed by atoms with Crippen molar-refractivity contribution in [2.75, 3.05) is 12.4 Å². The number of carbonyl (C=O) groups excluding carboxylic acids is 1. The zero-order chi connectivity index (χ0) is 17.5. The summed E-state index contributed by atoms with van der Waals surface area (Å²) in [7, 11) is 1.61. The molecule has 0 fully saturated rings. The molecule has 1 amide bonds. The highest BCUT2D eigenvalue weighted by atomic mass is 16.5. The van der Waals surface area contributed by atoms with Crippen LogP contribution in [0.15, 0.2) is 78.9 Å². The van der Waals surface area contributed by atoms with Crippen molar-refractivity contribution in [1.29, 1.82) is 0 Å². The Balaban J connectivity index is 1.64. The monoisotopic (exact) mass is 333 g/mol. The highest BCUT2D eigenvalue weighted by molar-refractivity contribution is 5.92. The molecule has 0 heterocycles. The van der Waals surface area contributed by atoms with E-state index >= 15 is 0 Å². The van der Waals surface area contributed by atoms with Crippen LogP contribution in [0.25, 0.3) is 0 Å². The molecule has 0 radical (unpaired) electrons. The van der Waals surface area contributed by atoms with E-state index in [1.807, 2.05) is 72.8 Å². The van der Waals surface area contributed by atoms with Gasteiger partial charge in [-0.25, -0.2) is 0 Å². The maximum Gasteiger partial charge on any atom is 0.228 e. The zero-order valence-electron chi connectivity index (χ0n) is 13.9. The Morgan fingerprint density at radius 1 is 0.840 bits per heavy atom. The highest BCUT2D eigenvalue weighted by Gasteiger charge is 2.06. The molecule has 0 bridgehead atoms. The number of ether oxygens (including phenoxy) is 2. The molecule has 0 spiro atoms. The van der Waals surface area contributed by atoms with E-state index < -0.39 is 0 Å². The quantitative estimate of drug-likeness (QED) is 0.713. The summed E-state index contributed by atoms with van der Waals surface area (Å²) in [5, 5.41) is 2.89. The lowest BCUT2D eigenvalue weighted by Crippen LogP contribution is -2.14. The first kappa shape index (κ1) is 16.6. The smallest absolute Gasteiger partial charge is 0.228 e. The average Bonchev–Trinajstić information content (AvgIpc) is 2.63. The number of anilines is 1. The molecule has 0 saturated carbocycles. The fraction of sp³-hybridized carbons (Fsp3) is 0.0952. The van der Waals surface area contributed by atoms with Crippen LogP contribution >= 0.6 is 0 Å². The second-order valence-electron chi connectivity index (χ2n) is 5.52. The molecule has 0 aliphatic heterocycles. The molecule has 4 heteroatoms. The molecule has 3 aromatic carbocycles. The molecule has 0 aliphatic rings. The highest BCUT2D eigenvalue weighted by Crippen LogP contribution is 2.24. The van der Waals surface area contributed by atoms with Gasteiger partial charge in [0.2, 0.25) is 5.91 Å². The molecule has 25 heavy (non-hydrogen) atoms. The zero-order valence-corrected chi connectivity index (χ0v) is 13.9. The minimum Gasteiger partial charge on any atom is -0.497 e. The van der Waals surface area contributed by atoms with E-state index in [0.29, 0.717) is 11.4 Å². The lowest BCUT2D eigenvalue weighted by atomic mass is 10.1. The number of benzene rings is 3. The van der Waals surface area contributed by atoms with Gasteiger partial charge in [0.05, 0.1) is 13.5 Å². The molecule has 0 aromatic heterocycles. The van der Waals surface area contributed by atoms with Crippen LogP contribution in [-0.2, 0) is 11.2 Å². The molecule has 1 N–H and O–H groups in total. The summed E-state index contributed by atoms with van der Waals surface area (Å²) in [5.41, 5.74) is 1.59. The van der Waals surface area contributed by atoms with Gasteiger partial charge in [0.15, 0.2) is 0 Å². The van der Waals surface area contributed by atoms with Gasteiger partial charge in [0, 0.05) is 11.8 Å². The number of methoxy groups -OCH3 is 1. The average molecular weight is 333 g/mol. The summed E-state index contributed by atoms with van der Waals surface area (Å²) in [6.07, 6.45) is 0.279. The van der Waals surface area contributed by atoms with Crippen molar-refractivity contribution < 1.29 is 14.3 Å². The number of amides is 1. The van der Waals surface area contributed by atoms with Gasteiger partial charge in [-0.05, 0) is 42.0 Å². The molecule has 0 saturated heterocycles. The Labute approximate surface area is 147 Å². The molecule has 0 unspecified atom stereocenters. The number of hydrogen-bond acceptors (Lipinski definition) is 3. The summed E-state index contributed by atoms with van der Waals surface area (Å²) in [4.78, 5) is 12.3. The Morgan fingerprint density at radius 2 is 1.56 bits per heavy atom. The Kier molecular flexibility index (Phi) is 5.32. The van der Waals surface area contributed by atoms with Crippen molar-refractivity contribution in [3.8, 4) is 17.2 Å². The van der Waals surface area contributed by atoms with Gasteiger partial charge in [0.25, 0.3) is 0 Å². The normalized spacial score (nSPS) is 10.1. The van der Waals surface area contributed by atoms with Crippen LogP contribution in [0, 0.1) is 0 Å². The summed E-state index contributed by atoms with van der Waals surface area (Å²) in [6.45, 7) is 0. The van der Waals surface area contributed by atoms with E-state index in [2.05, 4.69) is 5.32 Å². The molecule has 0 atom stereocenters. The van der Waals surface area contributed by atoms with Gasteiger partial charge in [-0.1, -0.05) is 36.4 Å². The van der Waals surface area contributed by atoms with Crippen molar-refractivity contribution in [2.24, 2.45) is 0 Å². The Bertz CT molecular complexity index is 847. The van der Waals surface area contributed by atoms with Gasteiger partial charge in [-0.3, -0.25) is 4.79 Å². The predicted molar refractivity (Wildman–Crippen MR) is 98.3 cm³/mol. The third-order valence-electron chi connectivity index (χ3n) is 3.60. The SMILES string of the molecule is COc1cccc(CC(=O)Nc2cccc(Oc3ccccc3)c2)c1. The van der Waals surface area contributed by atoms with E-state index in [-0.39, 0.29) is 12.3 Å². The van der Waals surface area contributed by atoms with E-state index in [0.717, 1.165) is 17.1 Å². The van der Waals surface area contributed by atoms with Crippen LogP contribution in [0.4, 0.5) is 5.69 Å². The van der Waals surface area contributed by atoms with E-state index in [1.54, 1.807) is 13.2 Å². The first-order valence-electron chi connectivity index (χ1n) is 7.99. The Hall–Kier alpha value is -3.27. The number of carbonyl (C=O) groups is 1. The van der Waals surface area contributed by atoms with Crippen LogP contribution in [0.5, 0.6) is 17.2 Å². The fourth-order valence-corrected chi connectivity index (χ4v) is 2.43. The molecule has 126 valence electrons. The molecule has 4 nitrogen and oxygen atoms in total. The molecule has 3 rings (SSSR count). The van der Waals surface area contributed by atoms with Crippen molar-refractivity contribution >= 4 is 11.6 Å². The van der Waals surface area contributed by atoms with E-state index in [4.69, 9.17) is 9.47 Å². The van der Waals surface area contributed by atoms with Gasteiger partial charge < -0.3 is 14.8 Å². The van der Waals surface area contributed by atoms with Crippen LogP contribution in [-0.4, -0.2) is 13.0 Å².